The maximum absolute atomic E-state index is 13.9. The lowest BCUT2D eigenvalue weighted by atomic mass is 10.0. The number of alkyl halides is 3. The summed E-state index contributed by atoms with van der Waals surface area (Å²) < 4.78 is 51.9. The molecule has 1 atom stereocenters. The van der Waals surface area contributed by atoms with Crippen molar-refractivity contribution in [2.45, 2.75) is 24.7 Å². The number of carbonyl (C=O) groups excluding carboxylic acids is 2. The maximum atomic E-state index is 13.9. The molecular weight excluding hydrogens is 416 g/mol. The highest BCUT2D eigenvalue weighted by Crippen LogP contribution is 2.33. The molecule has 3 rings (SSSR count). The number of hydrogen-bond acceptors (Lipinski definition) is 3. The first-order chi connectivity index (χ1) is 13.5. The van der Waals surface area contributed by atoms with Crippen molar-refractivity contribution in [2.24, 2.45) is 0 Å². The van der Waals surface area contributed by atoms with Crippen molar-refractivity contribution in [1.82, 2.24) is 5.32 Å². The fraction of sp³-hybridized carbons (Fsp3) is 0.263. The zero-order valence-corrected chi connectivity index (χ0v) is 15.5. The molecule has 0 spiro atoms. The van der Waals surface area contributed by atoms with Crippen molar-refractivity contribution in [2.75, 3.05) is 11.4 Å². The molecule has 2 N–H and O–H groups in total. The molecule has 29 heavy (non-hydrogen) atoms. The van der Waals surface area contributed by atoms with E-state index in [1.165, 1.54) is 18.2 Å². The number of benzene rings is 2. The standard InChI is InChI=1S/C19H15ClF4N2O3/c20-14-3-1-2-11(15(14)21)10-25-16(27)18(29)8-9-26(17(18)28)13-6-4-12(5-7-13)19(22,23)24/h1-7,29H,8-10H2,(H,25,27)/t18-/m1/s1. The minimum atomic E-state index is -4.52. The maximum Gasteiger partial charge on any atom is 0.416 e. The number of amides is 2. The van der Waals surface area contributed by atoms with Gasteiger partial charge in [0.1, 0.15) is 5.82 Å². The Morgan fingerprint density at radius 3 is 2.48 bits per heavy atom. The van der Waals surface area contributed by atoms with Crippen LogP contribution in [0.25, 0.3) is 0 Å². The molecule has 10 heteroatoms. The summed E-state index contributed by atoms with van der Waals surface area (Å²) in [6.07, 6.45) is -4.79. The van der Waals surface area contributed by atoms with Crippen molar-refractivity contribution in [3.05, 3.63) is 64.4 Å². The van der Waals surface area contributed by atoms with Gasteiger partial charge in [0.2, 0.25) is 5.60 Å². The summed E-state index contributed by atoms with van der Waals surface area (Å²) in [5.74, 6) is -2.73. The molecule has 1 aliphatic heterocycles. The zero-order chi connectivity index (χ0) is 21.4. The third-order valence-corrected chi connectivity index (χ3v) is 4.94. The van der Waals surface area contributed by atoms with Crippen LogP contribution in [0.5, 0.6) is 0 Å². The quantitative estimate of drug-likeness (QED) is 0.578. The minimum Gasteiger partial charge on any atom is -0.372 e. The van der Waals surface area contributed by atoms with Crippen LogP contribution in [0.1, 0.15) is 17.5 Å². The third-order valence-electron chi connectivity index (χ3n) is 4.65. The van der Waals surface area contributed by atoms with E-state index in [0.717, 1.165) is 29.2 Å². The fourth-order valence-corrected chi connectivity index (χ4v) is 3.19. The number of aliphatic hydroxyl groups is 1. The van der Waals surface area contributed by atoms with Gasteiger partial charge < -0.3 is 15.3 Å². The highest BCUT2D eigenvalue weighted by Gasteiger charge is 2.51. The van der Waals surface area contributed by atoms with Gasteiger partial charge in [-0.2, -0.15) is 13.2 Å². The second-order valence-corrected chi connectivity index (χ2v) is 6.91. The van der Waals surface area contributed by atoms with Crippen LogP contribution in [0.2, 0.25) is 5.02 Å². The SMILES string of the molecule is O=C(NCc1cccc(Cl)c1F)[C@]1(O)CCN(c2ccc(C(F)(F)F)cc2)C1=O. The summed E-state index contributed by atoms with van der Waals surface area (Å²) in [6.45, 7) is -0.374. The first kappa shape index (κ1) is 21.1. The highest BCUT2D eigenvalue weighted by atomic mass is 35.5. The third kappa shape index (κ3) is 4.06. The van der Waals surface area contributed by atoms with E-state index >= 15 is 0 Å². The smallest absolute Gasteiger partial charge is 0.372 e. The van der Waals surface area contributed by atoms with Gasteiger partial charge in [-0.25, -0.2) is 4.39 Å². The second kappa shape index (κ2) is 7.64. The lowest BCUT2D eigenvalue weighted by molar-refractivity contribution is -0.149. The number of carbonyl (C=O) groups is 2. The molecule has 1 aliphatic rings. The Morgan fingerprint density at radius 1 is 1.21 bits per heavy atom. The number of hydrogen-bond donors (Lipinski definition) is 2. The first-order valence-corrected chi connectivity index (χ1v) is 8.84. The van der Waals surface area contributed by atoms with E-state index in [1.807, 2.05) is 0 Å². The summed E-state index contributed by atoms with van der Waals surface area (Å²) >= 11 is 5.66. The topological polar surface area (TPSA) is 69.6 Å². The Morgan fingerprint density at radius 2 is 1.86 bits per heavy atom. The zero-order valence-electron chi connectivity index (χ0n) is 14.8. The van der Waals surface area contributed by atoms with Crippen LogP contribution >= 0.6 is 11.6 Å². The van der Waals surface area contributed by atoms with Crippen molar-refractivity contribution >= 4 is 29.1 Å². The van der Waals surface area contributed by atoms with Gasteiger partial charge in [0, 0.05) is 30.8 Å². The Hall–Kier alpha value is -2.65. The largest absolute Gasteiger partial charge is 0.416 e. The van der Waals surface area contributed by atoms with Crippen LogP contribution < -0.4 is 10.2 Å². The fourth-order valence-electron chi connectivity index (χ4n) is 3.00. The van der Waals surface area contributed by atoms with E-state index in [9.17, 15) is 32.3 Å². The average Bonchev–Trinajstić information content (AvgIpc) is 2.98. The lowest BCUT2D eigenvalue weighted by Crippen LogP contribution is -2.52. The Labute approximate surface area is 167 Å². The van der Waals surface area contributed by atoms with Gasteiger partial charge in [-0.05, 0) is 30.3 Å². The molecule has 0 bridgehead atoms. The Kier molecular flexibility index (Phi) is 5.55. The molecule has 154 valence electrons. The molecule has 2 aromatic rings. The number of nitrogens with zero attached hydrogens (tertiary/aromatic N) is 1. The number of halogens is 5. The van der Waals surface area contributed by atoms with Crippen molar-refractivity contribution in [3.8, 4) is 0 Å². The van der Waals surface area contributed by atoms with Crippen LogP contribution in [-0.2, 0) is 22.3 Å². The van der Waals surface area contributed by atoms with E-state index < -0.39 is 35.0 Å². The predicted octanol–water partition coefficient (Wildman–Crippen LogP) is 3.28. The molecule has 0 radical (unpaired) electrons. The monoisotopic (exact) mass is 430 g/mol. The van der Waals surface area contributed by atoms with Crippen molar-refractivity contribution < 1.29 is 32.3 Å². The molecular formula is C19H15ClF4N2O3. The first-order valence-electron chi connectivity index (χ1n) is 8.47. The number of anilines is 1. The second-order valence-electron chi connectivity index (χ2n) is 6.51. The molecule has 0 aromatic heterocycles. The van der Waals surface area contributed by atoms with Crippen molar-refractivity contribution in [3.63, 3.8) is 0 Å². The van der Waals surface area contributed by atoms with E-state index in [2.05, 4.69) is 5.32 Å². The van der Waals surface area contributed by atoms with Crippen molar-refractivity contribution in [1.29, 1.82) is 0 Å². The summed E-state index contributed by atoms with van der Waals surface area (Å²) in [5, 5.41) is 12.7. The van der Waals surface area contributed by atoms with E-state index in [-0.39, 0.29) is 35.8 Å². The van der Waals surface area contributed by atoms with Gasteiger partial charge in [-0.15, -0.1) is 0 Å². The molecule has 2 amide bonds. The molecule has 1 fully saturated rings. The number of rotatable bonds is 4. The number of nitrogens with one attached hydrogen (secondary N) is 1. The highest BCUT2D eigenvalue weighted by molar-refractivity contribution is 6.30. The van der Waals surface area contributed by atoms with Gasteiger partial charge in [0.25, 0.3) is 11.8 Å². The summed E-state index contributed by atoms with van der Waals surface area (Å²) in [7, 11) is 0. The summed E-state index contributed by atoms with van der Waals surface area (Å²) in [6, 6.07) is 7.99. The molecule has 1 saturated heterocycles. The van der Waals surface area contributed by atoms with Gasteiger partial charge in [-0.3, -0.25) is 9.59 Å². The van der Waals surface area contributed by atoms with Gasteiger partial charge in [-0.1, -0.05) is 23.7 Å². The van der Waals surface area contributed by atoms with Gasteiger partial charge in [0.05, 0.1) is 10.6 Å². The van der Waals surface area contributed by atoms with Gasteiger partial charge in [0.15, 0.2) is 0 Å². The van der Waals surface area contributed by atoms with E-state index in [4.69, 9.17) is 11.6 Å². The predicted molar refractivity (Wildman–Crippen MR) is 96.6 cm³/mol. The molecule has 0 aliphatic carbocycles. The minimum absolute atomic E-state index is 0.0690. The Bertz CT molecular complexity index is 949. The van der Waals surface area contributed by atoms with Crippen LogP contribution in [0, 0.1) is 5.82 Å². The van der Waals surface area contributed by atoms with E-state index in [1.54, 1.807) is 0 Å². The Balaban J connectivity index is 1.71. The average molecular weight is 431 g/mol. The molecule has 2 aromatic carbocycles. The van der Waals surface area contributed by atoms with Crippen LogP contribution in [0.15, 0.2) is 42.5 Å². The molecule has 0 saturated carbocycles. The van der Waals surface area contributed by atoms with Gasteiger partial charge >= 0.3 is 6.18 Å². The molecule has 1 heterocycles. The van der Waals surface area contributed by atoms with Crippen LogP contribution in [0.4, 0.5) is 23.2 Å². The van der Waals surface area contributed by atoms with Crippen LogP contribution in [-0.4, -0.2) is 29.1 Å². The summed E-state index contributed by atoms with van der Waals surface area (Å²) in [5.41, 5.74) is -3.10. The summed E-state index contributed by atoms with van der Waals surface area (Å²) in [4.78, 5) is 26.0. The normalized spacial score (nSPS) is 19.5. The van der Waals surface area contributed by atoms with Crippen LogP contribution in [0.3, 0.4) is 0 Å². The molecule has 0 unspecified atom stereocenters. The lowest BCUT2D eigenvalue weighted by Gasteiger charge is -2.22. The molecule has 5 nitrogen and oxygen atoms in total. The van der Waals surface area contributed by atoms with E-state index in [0.29, 0.717) is 0 Å².